The fourth-order valence-electron chi connectivity index (χ4n) is 4.22. The number of hydrogen-bond donors (Lipinski definition) is 1. The van der Waals surface area contributed by atoms with Gasteiger partial charge in [-0.2, -0.15) is 0 Å². The molecule has 1 aliphatic heterocycles. The number of benzene rings is 2. The van der Waals surface area contributed by atoms with E-state index in [9.17, 15) is 4.39 Å². The molecule has 5 rings (SSSR count). The molecule has 1 saturated heterocycles. The van der Waals surface area contributed by atoms with Gasteiger partial charge in [-0.1, -0.05) is 35.9 Å². The number of nitrogens with zero attached hydrogens (tertiary/aromatic N) is 4. The minimum absolute atomic E-state index is 0.0543. The lowest BCUT2D eigenvalue weighted by Crippen LogP contribution is -2.54. The molecule has 0 radical (unpaired) electrons. The van der Waals surface area contributed by atoms with Crippen LogP contribution in [0, 0.1) is 11.6 Å². The van der Waals surface area contributed by atoms with Crippen LogP contribution in [0.2, 0.25) is 5.02 Å². The molecule has 8 heteroatoms. The molecular formula is C23H20ClF2N5. The van der Waals surface area contributed by atoms with Crippen LogP contribution in [0.4, 0.5) is 14.6 Å². The largest absolute Gasteiger partial charge is 0.350 e. The highest BCUT2D eigenvalue weighted by molar-refractivity contribution is 6.36. The summed E-state index contributed by atoms with van der Waals surface area (Å²) >= 11 is 6.24. The van der Waals surface area contributed by atoms with Gasteiger partial charge in [0, 0.05) is 42.3 Å². The number of nitrogens with one attached hydrogen (secondary N) is 1. The topological polar surface area (TPSA) is 53.9 Å². The van der Waals surface area contributed by atoms with Crippen molar-refractivity contribution in [1.29, 1.82) is 0 Å². The highest BCUT2D eigenvalue weighted by Gasteiger charge is 2.26. The number of aromatic nitrogens is 3. The van der Waals surface area contributed by atoms with Gasteiger partial charge in [0.1, 0.15) is 29.2 Å². The van der Waals surface area contributed by atoms with Gasteiger partial charge in [-0.3, -0.25) is 4.98 Å². The van der Waals surface area contributed by atoms with Crippen molar-refractivity contribution in [2.24, 2.45) is 0 Å². The van der Waals surface area contributed by atoms with Crippen molar-refractivity contribution in [1.82, 2.24) is 20.3 Å². The Bertz CT molecular complexity index is 1310. The molecule has 0 aliphatic carbocycles. The summed E-state index contributed by atoms with van der Waals surface area (Å²) < 4.78 is 29.9. The van der Waals surface area contributed by atoms with Crippen molar-refractivity contribution in [3.63, 3.8) is 0 Å². The van der Waals surface area contributed by atoms with E-state index in [1.54, 1.807) is 30.5 Å². The Morgan fingerprint density at radius 2 is 1.94 bits per heavy atom. The van der Waals surface area contributed by atoms with Gasteiger partial charge in [0.05, 0.1) is 10.4 Å². The smallest absolute Gasteiger partial charge is 0.175 e. The van der Waals surface area contributed by atoms with E-state index < -0.39 is 11.6 Å². The SMILES string of the molecule is C[C@@H]1CN(c2ncnc3c(F)c(-c4cccc5ccc(F)c(Cl)c45)ncc23)[C@@H](C)CN1. The lowest BCUT2D eigenvalue weighted by atomic mass is 10.0. The number of halogens is 3. The Morgan fingerprint density at radius 1 is 1.10 bits per heavy atom. The Labute approximate surface area is 183 Å². The van der Waals surface area contributed by atoms with Crippen molar-refractivity contribution in [3.05, 3.63) is 59.5 Å². The Hall–Kier alpha value is -2.90. The highest BCUT2D eigenvalue weighted by Crippen LogP contribution is 2.37. The molecule has 1 aliphatic rings. The first-order valence-corrected chi connectivity index (χ1v) is 10.5. The molecule has 2 aromatic heterocycles. The van der Waals surface area contributed by atoms with Crippen LogP contribution in [-0.2, 0) is 0 Å². The van der Waals surface area contributed by atoms with E-state index in [4.69, 9.17) is 11.6 Å². The first-order valence-electron chi connectivity index (χ1n) is 10.1. The van der Waals surface area contributed by atoms with Gasteiger partial charge in [0.25, 0.3) is 0 Å². The predicted molar refractivity (Wildman–Crippen MR) is 119 cm³/mol. The molecule has 0 bridgehead atoms. The number of rotatable bonds is 2. The summed E-state index contributed by atoms with van der Waals surface area (Å²) in [6.45, 7) is 5.75. The van der Waals surface area contributed by atoms with E-state index >= 15 is 4.39 Å². The molecule has 0 saturated carbocycles. The van der Waals surface area contributed by atoms with E-state index in [2.05, 4.69) is 39.0 Å². The standard InChI is InChI=1S/C23H20ClF2N5/c1-12-10-31(13(2)8-27-12)23-16-9-28-21(20(26)22(16)29-11-30-23)15-5-3-4-14-6-7-17(25)19(24)18(14)15/h3-7,9,11-13,27H,8,10H2,1-2H3/t12-,13+/m1/s1. The number of pyridine rings is 1. The van der Waals surface area contributed by atoms with Crippen molar-refractivity contribution < 1.29 is 8.78 Å². The lowest BCUT2D eigenvalue weighted by molar-refractivity contribution is 0.423. The van der Waals surface area contributed by atoms with Gasteiger partial charge in [-0.05, 0) is 25.3 Å². The Morgan fingerprint density at radius 3 is 2.77 bits per heavy atom. The molecule has 5 nitrogen and oxygen atoms in total. The summed E-state index contributed by atoms with van der Waals surface area (Å²) in [5.41, 5.74) is 0.681. The van der Waals surface area contributed by atoms with Crippen LogP contribution in [0.25, 0.3) is 32.9 Å². The average Bonchev–Trinajstić information content (AvgIpc) is 2.78. The number of piperazine rings is 1. The fraction of sp³-hybridized carbons (Fsp3) is 0.261. The second-order valence-electron chi connectivity index (χ2n) is 7.96. The van der Waals surface area contributed by atoms with Gasteiger partial charge in [0.2, 0.25) is 0 Å². The van der Waals surface area contributed by atoms with E-state index in [-0.39, 0.29) is 28.3 Å². The quantitative estimate of drug-likeness (QED) is 0.478. The van der Waals surface area contributed by atoms with Crippen molar-refractivity contribution in [3.8, 4) is 11.3 Å². The maximum absolute atomic E-state index is 15.7. The minimum atomic E-state index is -0.579. The molecule has 2 aromatic carbocycles. The zero-order valence-electron chi connectivity index (χ0n) is 17.0. The molecule has 0 unspecified atom stereocenters. The van der Waals surface area contributed by atoms with E-state index in [0.717, 1.165) is 13.1 Å². The summed E-state index contributed by atoms with van der Waals surface area (Å²) in [4.78, 5) is 15.2. The van der Waals surface area contributed by atoms with Crippen LogP contribution in [0.15, 0.2) is 42.9 Å². The molecule has 1 N–H and O–H groups in total. The maximum atomic E-state index is 15.7. The molecule has 1 fully saturated rings. The summed E-state index contributed by atoms with van der Waals surface area (Å²) in [5, 5.41) is 5.05. The maximum Gasteiger partial charge on any atom is 0.175 e. The second kappa shape index (κ2) is 7.66. The molecule has 158 valence electrons. The van der Waals surface area contributed by atoms with Gasteiger partial charge < -0.3 is 10.2 Å². The van der Waals surface area contributed by atoms with Crippen molar-refractivity contribution in [2.75, 3.05) is 18.0 Å². The Balaban J connectivity index is 1.71. The molecule has 3 heterocycles. The normalized spacial score (nSPS) is 19.3. The van der Waals surface area contributed by atoms with Crippen LogP contribution in [0.3, 0.4) is 0 Å². The van der Waals surface area contributed by atoms with Crippen LogP contribution >= 0.6 is 11.6 Å². The van der Waals surface area contributed by atoms with Crippen LogP contribution in [-0.4, -0.2) is 40.1 Å². The molecule has 2 atom stereocenters. The zero-order valence-corrected chi connectivity index (χ0v) is 17.8. The number of fused-ring (bicyclic) bond motifs is 2. The van der Waals surface area contributed by atoms with Gasteiger partial charge in [0.15, 0.2) is 5.82 Å². The lowest BCUT2D eigenvalue weighted by Gasteiger charge is -2.38. The molecule has 0 spiro atoms. The summed E-state index contributed by atoms with van der Waals surface area (Å²) in [6, 6.07) is 8.65. The van der Waals surface area contributed by atoms with Crippen LogP contribution in [0.5, 0.6) is 0 Å². The minimum Gasteiger partial charge on any atom is -0.350 e. The molecule has 31 heavy (non-hydrogen) atoms. The van der Waals surface area contributed by atoms with E-state index in [0.29, 0.717) is 27.5 Å². The first-order chi connectivity index (χ1) is 15.0. The van der Waals surface area contributed by atoms with Gasteiger partial charge in [-0.25, -0.2) is 18.7 Å². The van der Waals surface area contributed by atoms with Crippen LogP contribution in [0.1, 0.15) is 13.8 Å². The monoisotopic (exact) mass is 439 g/mol. The first kappa shape index (κ1) is 20.0. The third-order valence-electron chi connectivity index (χ3n) is 5.83. The Kier molecular flexibility index (Phi) is 4.95. The molecule has 0 amide bonds. The molecular weight excluding hydrogens is 420 g/mol. The zero-order chi connectivity index (χ0) is 21.7. The van der Waals surface area contributed by atoms with Crippen molar-refractivity contribution >= 4 is 39.1 Å². The van der Waals surface area contributed by atoms with Gasteiger partial charge >= 0.3 is 0 Å². The molecule has 4 aromatic rings. The third-order valence-corrected chi connectivity index (χ3v) is 6.20. The fourth-order valence-corrected chi connectivity index (χ4v) is 4.49. The average molecular weight is 440 g/mol. The number of anilines is 1. The second-order valence-corrected chi connectivity index (χ2v) is 8.33. The van der Waals surface area contributed by atoms with Crippen LogP contribution < -0.4 is 10.2 Å². The third kappa shape index (κ3) is 3.28. The summed E-state index contributed by atoms with van der Waals surface area (Å²) in [6.07, 6.45) is 2.97. The highest BCUT2D eigenvalue weighted by atomic mass is 35.5. The van der Waals surface area contributed by atoms with Crippen molar-refractivity contribution in [2.45, 2.75) is 25.9 Å². The van der Waals surface area contributed by atoms with Gasteiger partial charge in [-0.15, -0.1) is 0 Å². The summed E-state index contributed by atoms with van der Waals surface area (Å²) in [5.74, 6) is -0.482. The predicted octanol–water partition coefficient (Wildman–Crippen LogP) is 4.96. The summed E-state index contributed by atoms with van der Waals surface area (Å²) in [7, 11) is 0. The van der Waals surface area contributed by atoms with E-state index in [1.165, 1.54) is 12.4 Å². The number of hydrogen-bond acceptors (Lipinski definition) is 5. The van der Waals surface area contributed by atoms with E-state index in [1.807, 2.05) is 0 Å².